The predicted octanol–water partition coefficient (Wildman–Crippen LogP) is 4.06. The molecule has 0 bridgehead atoms. The van der Waals surface area contributed by atoms with E-state index in [9.17, 15) is 9.59 Å². The van der Waals surface area contributed by atoms with Gasteiger partial charge in [-0.3, -0.25) is 14.2 Å². The summed E-state index contributed by atoms with van der Waals surface area (Å²) in [6, 6.07) is 12.6. The molecule has 1 atom stereocenters. The Labute approximate surface area is 161 Å². The van der Waals surface area contributed by atoms with Gasteiger partial charge in [0.1, 0.15) is 11.5 Å². The van der Waals surface area contributed by atoms with Crippen LogP contribution in [0.25, 0.3) is 10.2 Å². The van der Waals surface area contributed by atoms with Gasteiger partial charge in [0.15, 0.2) is 6.10 Å². The Morgan fingerprint density at radius 3 is 2.37 bits per heavy atom. The van der Waals surface area contributed by atoms with Gasteiger partial charge in [-0.2, -0.15) is 0 Å². The van der Waals surface area contributed by atoms with Crippen LogP contribution in [0.5, 0.6) is 11.5 Å². The largest absolute Gasteiger partial charge is 0.497 e. The molecule has 1 heterocycles. The molecule has 1 aromatic heterocycles. The maximum absolute atomic E-state index is 12.4. The van der Waals surface area contributed by atoms with Crippen LogP contribution < -0.4 is 19.7 Å². The first kappa shape index (κ1) is 19.0. The fraction of sp³-hybridized carbons (Fsp3) is 0.300. The van der Waals surface area contributed by atoms with Crippen molar-refractivity contribution in [1.82, 2.24) is 4.57 Å². The molecule has 1 amide bonds. The first-order chi connectivity index (χ1) is 12.9. The van der Waals surface area contributed by atoms with E-state index in [0.717, 1.165) is 16.0 Å². The molecular formula is C20H22N2O4S. The molecule has 142 valence electrons. The van der Waals surface area contributed by atoms with Crippen molar-refractivity contribution in [2.45, 2.75) is 32.9 Å². The lowest BCUT2D eigenvalue weighted by Crippen LogP contribution is -2.30. The van der Waals surface area contributed by atoms with E-state index in [0.29, 0.717) is 11.4 Å². The number of amides is 1. The number of benzene rings is 2. The molecule has 0 radical (unpaired) electrons. The van der Waals surface area contributed by atoms with Gasteiger partial charge in [-0.1, -0.05) is 11.3 Å². The van der Waals surface area contributed by atoms with Gasteiger partial charge < -0.3 is 14.8 Å². The molecule has 7 heteroatoms. The molecule has 27 heavy (non-hydrogen) atoms. The molecule has 0 saturated heterocycles. The van der Waals surface area contributed by atoms with E-state index in [-0.39, 0.29) is 16.8 Å². The molecule has 0 aliphatic carbocycles. The van der Waals surface area contributed by atoms with E-state index in [2.05, 4.69) is 5.32 Å². The van der Waals surface area contributed by atoms with Gasteiger partial charge in [-0.05, 0) is 63.2 Å². The van der Waals surface area contributed by atoms with Crippen LogP contribution in [0, 0.1) is 0 Å². The number of thiazole rings is 1. The van der Waals surface area contributed by atoms with Crippen molar-refractivity contribution in [3.63, 3.8) is 0 Å². The fourth-order valence-corrected chi connectivity index (χ4v) is 3.81. The van der Waals surface area contributed by atoms with Crippen molar-refractivity contribution in [3.8, 4) is 11.5 Å². The highest BCUT2D eigenvalue weighted by Gasteiger charge is 2.16. The van der Waals surface area contributed by atoms with Gasteiger partial charge in [-0.15, -0.1) is 0 Å². The minimum atomic E-state index is -0.673. The summed E-state index contributed by atoms with van der Waals surface area (Å²) < 4.78 is 13.4. The highest BCUT2D eigenvalue weighted by atomic mass is 32.1. The Kier molecular flexibility index (Phi) is 5.51. The van der Waals surface area contributed by atoms with E-state index in [4.69, 9.17) is 9.47 Å². The average Bonchev–Trinajstić information content (AvgIpc) is 2.97. The number of nitrogens with zero attached hydrogens (tertiary/aromatic N) is 1. The predicted molar refractivity (Wildman–Crippen MR) is 108 cm³/mol. The smallest absolute Gasteiger partial charge is 0.308 e. The van der Waals surface area contributed by atoms with Crippen LogP contribution in [0.3, 0.4) is 0 Å². The first-order valence-electron chi connectivity index (χ1n) is 8.65. The van der Waals surface area contributed by atoms with Gasteiger partial charge in [0, 0.05) is 11.7 Å². The van der Waals surface area contributed by atoms with Crippen LogP contribution in [-0.4, -0.2) is 23.7 Å². The monoisotopic (exact) mass is 386 g/mol. The molecule has 0 unspecified atom stereocenters. The zero-order chi connectivity index (χ0) is 19.6. The number of rotatable bonds is 6. The highest BCUT2D eigenvalue weighted by Crippen LogP contribution is 2.24. The van der Waals surface area contributed by atoms with E-state index >= 15 is 0 Å². The maximum Gasteiger partial charge on any atom is 0.308 e. The third-order valence-corrected chi connectivity index (χ3v) is 5.06. The summed E-state index contributed by atoms with van der Waals surface area (Å²) in [5.74, 6) is 1.04. The standard InChI is InChI=1S/C20H22N2O4S/c1-12(2)22-17-10-5-14(11-18(17)27-20(22)24)21-19(23)13(3)26-16-8-6-15(25-4)7-9-16/h5-13H,1-4H3,(H,21,23)/t13-/m1/s1. The van der Waals surface area contributed by atoms with Crippen LogP contribution in [0.2, 0.25) is 0 Å². The number of aromatic nitrogens is 1. The van der Waals surface area contributed by atoms with Gasteiger partial charge >= 0.3 is 4.87 Å². The van der Waals surface area contributed by atoms with Crippen molar-refractivity contribution >= 4 is 33.1 Å². The van der Waals surface area contributed by atoms with Crippen LogP contribution in [-0.2, 0) is 4.79 Å². The number of methoxy groups -OCH3 is 1. The molecule has 0 saturated carbocycles. The van der Waals surface area contributed by atoms with Crippen LogP contribution >= 0.6 is 11.3 Å². The van der Waals surface area contributed by atoms with Crippen molar-refractivity contribution in [1.29, 1.82) is 0 Å². The quantitative estimate of drug-likeness (QED) is 0.694. The zero-order valence-corrected chi connectivity index (χ0v) is 16.5. The summed E-state index contributed by atoms with van der Waals surface area (Å²) in [6.45, 7) is 5.63. The van der Waals surface area contributed by atoms with Crippen molar-refractivity contribution in [2.24, 2.45) is 0 Å². The summed E-state index contributed by atoms with van der Waals surface area (Å²) >= 11 is 1.18. The minimum absolute atomic E-state index is 0.000293. The molecule has 1 N–H and O–H groups in total. The van der Waals surface area contributed by atoms with Crippen molar-refractivity contribution < 1.29 is 14.3 Å². The average molecular weight is 386 g/mol. The number of ether oxygens (including phenoxy) is 2. The zero-order valence-electron chi connectivity index (χ0n) is 15.7. The normalized spacial score (nSPS) is 12.2. The number of hydrogen-bond acceptors (Lipinski definition) is 5. The summed E-state index contributed by atoms with van der Waals surface area (Å²) in [5, 5.41) is 2.84. The molecule has 6 nitrogen and oxygen atoms in total. The molecule has 3 rings (SSSR count). The SMILES string of the molecule is COc1ccc(O[C@H](C)C(=O)Nc2ccc3c(c2)sc(=O)n3C(C)C)cc1. The molecule has 2 aromatic carbocycles. The number of fused-ring (bicyclic) bond motifs is 1. The van der Waals surface area contributed by atoms with E-state index in [1.807, 2.05) is 26.0 Å². The van der Waals surface area contributed by atoms with Gasteiger partial charge in [0.2, 0.25) is 0 Å². The lowest BCUT2D eigenvalue weighted by Gasteiger charge is -2.15. The van der Waals surface area contributed by atoms with Crippen LogP contribution in [0.4, 0.5) is 5.69 Å². The van der Waals surface area contributed by atoms with Gasteiger partial charge in [-0.25, -0.2) is 0 Å². The Morgan fingerprint density at radius 1 is 1.07 bits per heavy atom. The molecule has 0 fully saturated rings. The molecule has 3 aromatic rings. The van der Waals surface area contributed by atoms with Crippen LogP contribution in [0.1, 0.15) is 26.8 Å². The molecule has 0 aliphatic rings. The summed E-state index contributed by atoms with van der Waals surface area (Å²) in [6.07, 6.45) is -0.673. The summed E-state index contributed by atoms with van der Waals surface area (Å²) in [5.41, 5.74) is 1.51. The Bertz CT molecular complexity index is 1000. The topological polar surface area (TPSA) is 69.6 Å². The van der Waals surface area contributed by atoms with E-state index in [1.165, 1.54) is 11.3 Å². The number of carbonyl (C=O) groups is 1. The van der Waals surface area contributed by atoms with Crippen molar-refractivity contribution in [2.75, 3.05) is 12.4 Å². The van der Waals surface area contributed by atoms with E-state index < -0.39 is 6.10 Å². The second-order valence-electron chi connectivity index (χ2n) is 6.44. The third-order valence-electron chi connectivity index (χ3n) is 4.14. The molecular weight excluding hydrogens is 364 g/mol. The minimum Gasteiger partial charge on any atom is -0.497 e. The third kappa shape index (κ3) is 4.14. The van der Waals surface area contributed by atoms with Gasteiger partial charge in [0.25, 0.3) is 5.91 Å². The Balaban J connectivity index is 1.71. The van der Waals surface area contributed by atoms with Crippen molar-refractivity contribution in [3.05, 3.63) is 52.1 Å². The number of anilines is 1. The first-order valence-corrected chi connectivity index (χ1v) is 9.47. The number of hydrogen-bond donors (Lipinski definition) is 1. The Morgan fingerprint density at radius 2 is 1.74 bits per heavy atom. The number of nitrogens with one attached hydrogen (secondary N) is 1. The summed E-state index contributed by atoms with van der Waals surface area (Å²) in [7, 11) is 1.59. The Hall–Kier alpha value is -2.80. The second-order valence-corrected chi connectivity index (χ2v) is 7.43. The lowest BCUT2D eigenvalue weighted by molar-refractivity contribution is -0.122. The van der Waals surface area contributed by atoms with E-state index in [1.54, 1.807) is 48.9 Å². The molecule has 0 spiro atoms. The number of carbonyl (C=O) groups excluding carboxylic acids is 1. The summed E-state index contributed by atoms with van der Waals surface area (Å²) in [4.78, 5) is 24.6. The van der Waals surface area contributed by atoms with Gasteiger partial charge in [0.05, 0.1) is 17.3 Å². The maximum atomic E-state index is 12.4. The second kappa shape index (κ2) is 7.84. The molecule has 0 aliphatic heterocycles. The lowest BCUT2D eigenvalue weighted by atomic mass is 10.2. The van der Waals surface area contributed by atoms with Crippen LogP contribution in [0.15, 0.2) is 47.3 Å². The highest BCUT2D eigenvalue weighted by molar-refractivity contribution is 7.16. The fourth-order valence-electron chi connectivity index (χ4n) is 2.76.